The van der Waals surface area contributed by atoms with Crippen LogP contribution in [-0.2, 0) is 11.2 Å². The van der Waals surface area contributed by atoms with Gasteiger partial charge in [0.25, 0.3) is 5.91 Å². The number of amides is 2. The molecule has 0 bridgehead atoms. The van der Waals surface area contributed by atoms with Crippen molar-refractivity contribution in [3.05, 3.63) is 76.9 Å². The number of aromatic nitrogens is 2. The maximum atomic E-state index is 12.8. The Bertz CT molecular complexity index is 1010. The summed E-state index contributed by atoms with van der Waals surface area (Å²) in [4.78, 5) is 25.4. The normalized spacial score (nSPS) is 14.2. The molecule has 1 aliphatic rings. The second kappa shape index (κ2) is 8.49. The van der Waals surface area contributed by atoms with Crippen LogP contribution in [0.4, 0.5) is 0 Å². The number of aromatic amines is 1. The maximum Gasteiger partial charge on any atom is 0.269 e. The SMILES string of the molecule is O=C(NC(Cc1ccccc1)C(=O)NC1CC1)c1cc(-c2cccc(Cl)c2)n[nH]1. The van der Waals surface area contributed by atoms with Gasteiger partial charge in [0, 0.05) is 23.0 Å². The fraction of sp³-hybridized carbons (Fsp3) is 0.227. The van der Waals surface area contributed by atoms with Crippen molar-refractivity contribution in [2.45, 2.75) is 31.3 Å². The van der Waals surface area contributed by atoms with Crippen LogP contribution in [0.15, 0.2) is 60.7 Å². The summed E-state index contributed by atoms with van der Waals surface area (Å²) in [7, 11) is 0. The molecule has 1 unspecified atom stereocenters. The summed E-state index contributed by atoms with van der Waals surface area (Å²) in [5.74, 6) is -0.545. The average Bonchev–Trinajstić information content (AvgIpc) is 3.39. The predicted molar refractivity (Wildman–Crippen MR) is 112 cm³/mol. The zero-order valence-corrected chi connectivity index (χ0v) is 16.4. The lowest BCUT2D eigenvalue weighted by atomic mass is 10.0. The van der Waals surface area contributed by atoms with Crippen LogP contribution in [0.1, 0.15) is 28.9 Å². The Morgan fingerprint density at radius 2 is 1.90 bits per heavy atom. The quantitative estimate of drug-likeness (QED) is 0.560. The van der Waals surface area contributed by atoms with Crippen molar-refractivity contribution in [3.63, 3.8) is 0 Å². The smallest absolute Gasteiger partial charge is 0.269 e. The third kappa shape index (κ3) is 5.03. The predicted octanol–water partition coefficient (Wildman–Crippen LogP) is 3.35. The fourth-order valence-corrected chi connectivity index (χ4v) is 3.25. The molecule has 1 atom stereocenters. The van der Waals surface area contributed by atoms with Gasteiger partial charge in [0.1, 0.15) is 11.7 Å². The van der Waals surface area contributed by atoms with E-state index in [1.165, 1.54) is 0 Å². The van der Waals surface area contributed by atoms with E-state index in [0.29, 0.717) is 17.1 Å². The summed E-state index contributed by atoms with van der Waals surface area (Å²) in [6.07, 6.45) is 2.39. The number of carbonyl (C=O) groups is 2. The molecule has 2 aromatic carbocycles. The lowest BCUT2D eigenvalue weighted by Crippen LogP contribution is -2.48. The van der Waals surface area contributed by atoms with Crippen molar-refractivity contribution in [1.82, 2.24) is 20.8 Å². The maximum absolute atomic E-state index is 12.8. The molecule has 3 aromatic rings. The highest BCUT2D eigenvalue weighted by Crippen LogP contribution is 2.22. The van der Waals surface area contributed by atoms with E-state index in [9.17, 15) is 9.59 Å². The first-order valence-electron chi connectivity index (χ1n) is 9.55. The Morgan fingerprint density at radius 1 is 1.10 bits per heavy atom. The number of rotatable bonds is 7. The average molecular weight is 409 g/mol. The van der Waals surface area contributed by atoms with Gasteiger partial charge in [0.15, 0.2) is 0 Å². The van der Waals surface area contributed by atoms with Gasteiger partial charge >= 0.3 is 0 Å². The van der Waals surface area contributed by atoms with Gasteiger partial charge in [0.2, 0.25) is 5.91 Å². The topological polar surface area (TPSA) is 86.9 Å². The minimum Gasteiger partial charge on any atom is -0.352 e. The summed E-state index contributed by atoms with van der Waals surface area (Å²) < 4.78 is 0. The van der Waals surface area contributed by atoms with E-state index in [2.05, 4.69) is 20.8 Å². The molecule has 1 heterocycles. The van der Waals surface area contributed by atoms with Crippen LogP contribution in [-0.4, -0.2) is 34.1 Å². The largest absolute Gasteiger partial charge is 0.352 e. The molecule has 1 fully saturated rings. The Labute approximate surface area is 173 Å². The second-order valence-electron chi connectivity index (χ2n) is 7.18. The Morgan fingerprint density at radius 3 is 2.62 bits per heavy atom. The highest BCUT2D eigenvalue weighted by Gasteiger charge is 2.29. The molecule has 6 nitrogen and oxygen atoms in total. The van der Waals surface area contributed by atoms with Crippen molar-refractivity contribution >= 4 is 23.4 Å². The highest BCUT2D eigenvalue weighted by atomic mass is 35.5. The number of benzene rings is 2. The van der Waals surface area contributed by atoms with Crippen LogP contribution < -0.4 is 10.6 Å². The van der Waals surface area contributed by atoms with E-state index in [1.807, 2.05) is 42.5 Å². The number of H-pyrrole nitrogens is 1. The standard InChI is InChI=1S/C22H21ClN4O2/c23-16-8-4-7-15(12-16)18-13-20(27-26-18)22(29)25-19(21(28)24-17-9-10-17)11-14-5-2-1-3-6-14/h1-8,12-13,17,19H,9-11H2,(H,24,28)(H,25,29)(H,26,27). The van der Waals surface area contributed by atoms with E-state index >= 15 is 0 Å². The van der Waals surface area contributed by atoms with Crippen LogP contribution in [0, 0.1) is 0 Å². The van der Waals surface area contributed by atoms with E-state index in [0.717, 1.165) is 24.0 Å². The van der Waals surface area contributed by atoms with Crippen LogP contribution in [0.25, 0.3) is 11.3 Å². The van der Waals surface area contributed by atoms with Gasteiger partial charge in [0.05, 0.1) is 5.69 Å². The lowest BCUT2D eigenvalue weighted by Gasteiger charge is -2.18. The van der Waals surface area contributed by atoms with Crippen LogP contribution in [0.5, 0.6) is 0 Å². The van der Waals surface area contributed by atoms with Crippen molar-refractivity contribution in [1.29, 1.82) is 0 Å². The molecule has 3 N–H and O–H groups in total. The zero-order chi connectivity index (χ0) is 20.2. The van der Waals surface area contributed by atoms with E-state index in [-0.39, 0.29) is 23.6 Å². The summed E-state index contributed by atoms with van der Waals surface area (Å²) in [6, 6.07) is 18.1. The van der Waals surface area contributed by atoms with Crippen molar-refractivity contribution in [2.24, 2.45) is 0 Å². The number of halogens is 1. The molecular weight excluding hydrogens is 388 g/mol. The molecular formula is C22H21ClN4O2. The second-order valence-corrected chi connectivity index (χ2v) is 7.61. The number of nitrogens with zero attached hydrogens (tertiary/aromatic N) is 1. The number of nitrogens with one attached hydrogen (secondary N) is 3. The van der Waals surface area contributed by atoms with Crippen LogP contribution in [0.2, 0.25) is 5.02 Å². The van der Waals surface area contributed by atoms with Gasteiger partial charge in [-0.25, -0.2) is 0 Å². The molecule has 148 valence electrons. The van der Waals surface area contributed by atoms with Crippen LogP contribution in [0.3, 0.4) is 0 Å². The monoisotopic (exact) mass is 408 g/mol. The number of hydrogen-bond acceptors (Lipinski definition) is 3. The minimum absolute atomic E-state index is 0.167. The molecule has 7 heteroatoms. The summed E-state index contributed by atoms with van der Waals surface area (Å²) in [5, 5.41) is 13.4. The minimum atomic E-state index is -0.664. The molecule has 0 saturated heterocycles. The van der Waals surface area contributed by atoms with Gasteiger partial charge in [-0.05, 0) is 36.6 Å². The van der Waals surface area contributed by atoms with E-state index < -0.39 is 6.04 Å². The van der Waals surface area contributed by atoms with Gasteiger partial charge in [-0.1, -0.05) is 54.1 Å². The first kappa shape index (κ1) is 19.2. The van der Waals surface area contributed by atoms with Gasteiger partial charge in [-0.2, -0.15) is 5.10 Å². The third-order valence-electron chi connectivity index (χ3n) is 4.77. The van der Waals surface area contributed by atoms with Crippen LogP contribution >= 0.6 is 11.6 Å². The molecule has 29 heavy (non-hydrogen) atoms. The Kier molecular flexibility index (Phi) is 5.62. The highest BCUT2D eigenvalue weighted by molar-refractivity contribution is 6.30. The molecule has 0 spiro atoms. The molecule has 0 radical (unpaired) electrons. The van der Waals surface area contributed by atoms with Gasteiger partial charge < -0.3 is 10.6 Å². The first-order valence-corrected chi connectivity index (χ1v) is 9.93. The number of hydrogen-bond donors (Lipinski definition) is 3. The lowest BCUT2D eigenvalue weighted by molar-refractivity contribution is -0.123. The molecule has 1 aliphatic carbocycles. The van der Waals surface area contributed by atoms with Gasteiger partial charge in [-0.3, -0.25) is 14.7 Å². The summed E-state index contributed by atoms with van der Waals surface area (Å²) >= 11 is 6.03. The van der Waals surface area contributed by atoms with Crippen molar-refractivity contribution < 1.29 is 9.59 Å². The Balaban J connectivity index is 1.49. The van der Waals surface area contributed by atoms with Crippen molar-refractivity contribution in [3.8, 4) is 11.3 Å². The molecule has 1 aromatic heterocycles. The molecule has 0 aliphatic heterocycles. The third-order valence-corrected chi connectivity index (χ3v) is 5.01. The number of carbonyl (C=O) groups excluding carboxylic acids is 2. The van der Waals surface area contributed by atoms with Gasteiger partial charge in [-0.15, -0.1) is 0 Å². The summed E-state index contributed by atoms with van der Waals surface area (Å²) in [6.45, 7) is 0. The molecule has 1 saturated carbocycles. The zero-order valence-electron chi connectivity index (χ0n) is 15.7. The fourth-order valence-electron chi connectivity index (χ4n) is 3.06. The first-order chi connectivity index (χ1) is 14.1. The summed E-state index contributed by atoms with van der Waals surface area (Å²) in [5.41, 5.74) is 2.69. The molecule has 2 amide bonds. The molecule has 4 rings (SSSR count). The van der Waals surface area contributed by atoms with E-state index in [4.69, 9.17) is 11.6 Å². The van der Waals surface area contributed by atoms with E-state index in [1.54, 1.807) is 18.2 Å². The van der Waals surface area contributed by atoms with Crippen molar-refractivity contribution in [2.75, 3.05) is 0 Å². The Hall–Kier alpha value is -3.12.